The van der Waals surface area contributed by atoms with Crippen LogP contribution in [0.4, 0.5) is 4.39 Å². The standard InChI is InChI=1S/C23H26FN3OS/c1-2-17-14-26-27-8-4-7-21-19(23(17)27)12-22(29-21)20(28)11-16(13-25)9-15-5-3-6-18(24)10-15/h3,5-6,10,12,14,16H,2,4,7-9,11,13,25H2,1H3/t16-/m1/s1. The molecule has 0 amide bonds. The smallest absolute Gasteiger partial charge is 0.173 e. The van der Waals surface area contributed by atoms with Crippen LogP contribution >= 0.6 is 11.3 Å². The van der Waals surface area contributed by atoms with E-state index in [0.29, 0.717) is 19.4 Å². The Bertz CT molecular complexity index is 1020. The minimum atomic E-state index is -0.255. The minimum Gasteiger partial charge on any atom is -0.330 e. The van der Waals surface area contributed by atoms with E-state index in [9.17, 15) is 9.18 Å². The van der Waals surface area contributed by atoms with E-state index in [1.807, 2.05) is 12.3 Å². The predicted molar refractivity (Wildman–Crippen MR) is 115 cm³/mol. The molecule has 1 atom stereocenters. The first-order chi connectivity index (χ1) is 14.1. The summed E-state index contributed by atoms with van der Waals surface area (Å²) in [5.41, 5.74) is 10.4. The number of aryl methyl sites for hydroxylation is 3. The average Bonchev–Trinajstić information content (AvgIpc) is 3.27. The van der Waals surface area contributed by atoms with Gasteiger partial charge in [-0.05, 0) is 67.5 Å². The number of thiophene rings is 1. The van der Waals surface area contributed by atoms with E-state index < -0.39 is 0 Å². The summed E-state index contributed by atoms with van der Waals surface area (Å²) in [6, 6.07) is 8.59. The van der Waals surface area contributed by atoms with Gasteiger partial charge in [0.25, 0.3) is 0 Å². The topological polar surface area (TPSA) is 60.9 Å². The number of carbonyl (C=O) groups is 1. The Balaban J connectivity index is 1.55. The normalized spacial score (nSPS) is 14.2. The van der Waals surface area contributed by atoms with Crippen molar-refractivity contribution in [2.75, 3.05) is 6.54 Å². The summed E-state index contributed by atoms with van der Waals surface area (Å²) in [5.74, 6) is -0.128. The highest BCUT2D eigenvalue weighted by molar-refractivity contribution is 7.14. The zero-order valence-electron chi connectivity index (χ0n) is 16.7. The molecular weight excluding hydrogens is 385 g/mol. The lowest BCUT2D eigenvalue weighted by Crippen LogP contribution is -2.20. The molecule has 29 heavy (non-hydrogen) atoms. The summed E-state index contributed by atoms with van der Waals surface area (Å²) in [4.78, 5) is 15.1. The van der Waals surface area contributed by atoms with E-state index in [0.717, 1.165) is 36.2 Å². The molecule has 0 radical (unpaired) electrons. The van der Waals surface area contributed by atoms with Crippen molar-refractivity contribution in [3.05, 3.63) is 63.2 Å². The number of hydrogen-bond acceptors (Lipinski definition) is 4. The molecule has 2 aromatic heterocycles. The Kier molecular flexibility index (Phi) is 5.92. The number of ketones is 1. The number of benzene rings is 1. The zero-order valence-corrected chi connectivity index (χ0v) is 17.5. The lowest BCUT2D eigenvalue weighted by molar-refractivity contribution is 0.0966. The molecule has 4 nitrogen and oxygen atoms in total. The van der Waals surface area contributed by atoms with Gasteiger partial charge in [0.2, 0.25) is 0 Å². The van der Waals surface area contributed by atoms with Crippen molar-refractivity contribution in [3.8, 4) is 11.3 Å². The van der Waals surface area contributed by atoms with E-state index in [-0.39, 0.29) is 17.5 Å². The third-order valence-corrected chi connectivity index (χ3v) is 6.87. The van der Waals surface area contributed by atoms with Gasteiger partial charge < -0.3 is 5.73 Å². The molecule has 2 N–H and O–H groups in total. The number of nitrogens with zero attached hydrogens (tertiary/aromatic N) is 2. The molecule has 0 saturated heterocycles. The summed E-state index contributed by atoms with van der Waals surface area (Å²) in [5, 5.41) is 4.55. The largest absolute Gasteiger partial charge is 0.330 e. The second kappa shape index (κ2) is 8.59. The van der Waals surface area contributed by atoms with Crippen LogP contribution in [0.2, 0.25) is 0 Å². The molecule has 3 aromatic rings. The monoisotopic (exact) mass is 411 g/mol. The van der Waals surface area contributed by atoms with Crippen LogP contribution in [0, 0.1) is 11.7 Å². The summed E-state index contributed by atoms with van der Waals surface area (Å²) in [7, 11) is 0. The van der Waals surface area contributed by atoms with Gasteiger partial charge in [0.1, 0.15) is 5.82 Å². The fourth-order valence-corrected chi connectivity index (χ4v) is 5.26. The van der Waals surface area contributed by atoms with Crippen LogP contribution in [0.25, 0.3) is 11.3 Å². The molecular formula is C23H26FN3OS. The Morgan fingerprint density at radius 3 is 3.00 bits per heavy atom. The summed E-state index contributed by atoms with van der Waals surface area (Å²) >= 11 is 1.61. The first kappa shape index (κ1) is 20.0. The van der Waals surface area contributed by atoms with E-state index in [1.165, 1.54) is 33.8 Å². The molecule has 3 heterocycles. The third kappa shape index (κ3) is 4.19. The van der Waals surface area contributed by atoms with Crippen LogP contribution in [0.5, 0.6) is 0 Å². The van der Waals surface area contributed by atoms with Gasteiger partial charge in [-0.1, -0.05) is 19.1 Å². The molecule has 0 spiro atoms. The first-order valence-corrected chi connectivity index (χ1v) is 11.1. The van der Waals surface area contributed by atoms with Gasteiger partial charge in [-0.25, -0.2) is 4.39 Å². The lowest BCUT2D eigenvalue weighted by Gasteiger charge is -2.13. The molecule has 0 aliphatic carbocycles. The van der Waals surface area contributed by atoms with Crippen LogP contribution in [0.15, 0.2) is 36.5 Å². The molecule has 0 fully saturated rings. The maximum Gasteiger partial charge on any atom is 0.173 e. The molecule has 152 valence electrons. The quantitative estimate of drug-likeness (QED) is 0.576. The fourth-order valence-electron chi connectivity index (χ4n) is 4.10. The van der Waals surface area contributed by atoms with Crippen molar-refractivity contribution in [1.29, 1.82) is 0 Å². The Morgan fingerprint density at radius 1 is 1.38 bits per heavy atom. The number of fused-ring (bicyclic) bond motifs is 3. The number of Topliss-reactive ketones (excluding diaryl/α,β-unsaturated/α-hetero) is 1. The minimum absolute atomic E-state index is 0.00272. The van der Waals surface area contributed by atoms with E-state index in [2.05, 4.69) is 22.8 Å². The SMILES string of the molecule is CCc1cnn2c1-c1cc(C(=O)C[C@H](CN)Cc3cccc(F)c3)sc1CCC2. The van der Waals surface area contributed by atoms with Gasteiger partial charge in [0.15, 0.2) is 5.78 Å². The van der Waals surface area contributed by atoms with Crippen molar-refractivity contribution in [2.24, 2.45) is 11.7 Å². The van der Waals surface area contributed by atoms with Gasteiger partial charge in [-0.15, -0.1) is 11.3 Å². The van der Waals surface area contributed by atoms with Crippen molar-refractivity contribution < 1.29 is 9.18 Å². The van der Waals surface area contributed by atoms with Crippen molar-refractivity contribution >= 4 is 17.1 Å². The molecule has 0 saturated carbocycles. The molecule has 0 unspecified atom stereocenters. The molecule has 6 heteroatoms. The molecule has 0 bridgehead atoms. The number of carbonyl (C=O) groups excluding carboxylic acids is 1. The fraction of sp³-hybridized carbons (Fsp3) is 0.391. The number of nitrogens with two attached hydrogens (primary N) is 1. The number of aromatic nitrogens is 2. The van der Waals surface area contributed by atoms with Crippen molar-refractivity contribution in [1.82, 2.24) is 9.78 Å². The maximum absolute atomic E-state index is 13.5. The summed E-state index contributed by atoms with van der Waals surface area (Å²) in [6.45, 7) is 3.46. The maximum atomic E-state index is 13.5. The number of halogens is 1. The Hall–Kier alpha value is -2.31. The number of hydrogen-bond donors (Lipinski definition) is 1. The van der Waals surface area contributed by atoms with Crippen LogP contribution in [-0.2, 0) is 25.8 Å². The van der Waals surface area contributed by atoms with E-state index in [4.69, 9.17) is 5.73 Å². The molecule has 4 rings (SSSR count). The average molecular weight is 412 g/mol. The van der Waals surface area contributed by atoms with Gasteiger partial charge >= 0.3 is 0 Å². The zero-order chi connectivity index (χ0) is 20.4. The molecule has 1 aliphatic rings. The summed E-state index contributed by atoms with van der Waals surface area (Å²) in [6.07, 6.45) is 5.88. The van der Waals surface area contributed by atoms with Crippen LogP contribution in [0.3, 0.4) is 0 Å². The highest BCUT2D eigenvalue weighted by Crippen LogP contribution is 2.37. The lowest BCUT2D eigenvalue weighted by atomic mass is 9.93. The predicted octanol–water partition coefficient (Wildman–Crippen LogP) is 4.65. The Labute approximate surface area is 174 Å². The van der Waals surface area contributed by atoms with E-state index >= 15 is 0 Å². The van der Waals surface area contributed by atoms with Crippen LogP contribution < -0.4 is 5.73 Å². The second-order valence-corrected chi connectivity index (χ2v) is 8.85. The van der Waals surface area contributed by atoms with Crippen molar-refractivity contribution in [3.63, 3.8) is 0 Å². The van der Waals surface area contributed by atoms with E-state index in [1.54, 1.807) is 17.4 Å². The highest BCUT2D eigenvalue weighted by atomic mass is 32.1. The van der Waals surface area contributed by atoms with Crippen LogP contribution in [-0.4, -0.2) is 22.1 Å². The third-order valence-electron chi connectivity index (χ3n) is 5.63. The van der Waals surface area contributed by atoms with Crippen molar-refractivity contribution in [2.45, 2.75) is 45.6 Å². The first-order valence-electron chi connectivity index (χ1n) is 10.2. The second-order valence-electron chi connectivity index (χ2n) is 7.71. The van der Waals surface area contributed by atoms with Gasteiger partial charge in [0, 0.05) is 23.4 Å². The highest BCUT2D eigenvalue weighted by Gasteiger charge is 2.24. The molecule has 1 aliphatic heterocycles. The number of rotatable bonds is 7. The van der Waals surface area contributed by atoms with Gasteiger partial charge in [0.05, 0.1) is 16.8 Å². The molecule has 1 aromatic carbocycles. The van der Waals surface area contributed by atoms with Gasteiger partial charge in [-0.3, -0.25) is 9.48 Å². The van der Waals surface area contributed by atoms with Gasteiger partial charge in [-0.2, -0.15) is 5.10 Å². The van der Waals surface area contributed by atoms with Crippen LogP contribution in [0.1, 0.15) is 45.4 Å². The summed E-state index contributed by atoms with van der Waals surface area (Å²) < 4.78 is 15.5. The Morgan fingerprint density at radius 2 is 2.24 bits per heavy atom.